The third kappa shape index (κ3) is 5.84. The first kappa shape index (κ1) is 22.7. The molecule has 3 aromatic carbocycles. The number of carbonyl (C=O) groups excluding carboxylic acids is 2. The molecule has 0 radical (unpaired) electrons. The van der Waals surface area contributed by atoms with E-state index in [4.69, 9.17) is 9.15 Å². The van der Waals surface area contributed by atoms with E-state index in [0.29, 0.717) is 16.4 Å². The SMILES string of the molecule is O=C(CSc1nc2ccccc2o1)N/N=C\c1cccc(OC(=O)c2cccc([N+](=O)[O-])c2)c1. The van der Waals surface area contributed by atoms with E-state index >= 15 is 0 Å². The van der Waals surface area contributed by atoms with Crippen molar-refractivity contribution in [2.24, 2.45) is 5.10 Å². The fourth-order valence-electron chi connectivity index (χ4n) is 2.82. The molecular formula is C23H16N4O6S. The van der Waals surface area contributed by atoms with Gasteiger partial charge in [0.15, 0.2) is 5.58 Å². The smallest absolute Gasteiger partial charge is 0.343 e. The molecule has 0 atom stereocenters. The maximum atomic E-state index is 12.3. The Bertz CT molecular complexity index is 1370. The molecule has 0 fully saturated rings. The zero-order valence-electron chi connectivity index (χ0n) is 17.4. The standard InChI is InChI=1S/C23H16N4O6S/c28-21(14-34-23-25-19-9-1-2-10-20(19)33-23)26-24-13-15-5-3-8-18(11-15)32-22(29)16-6-4-7-17(12-16)27(30)31/h1-13H,14H2,(H,26,28)/b24-13-. The van der Waals surface area contributed by atoms with E-state index in [2.05, 4.69) is 15.5 Å². The summed E-state index contributed by atoms with van der Waals surface area (Å²) < 4.78 is 10.8. The lowest BCUT2D eigenvalue weighted by molar-refractivity contribution is -0.384. The third-order valence-corrected chi connectivity index (χ3v) is 5.19. The Morgan fingerprint density at radius 1 is 1.12 bits per heavy atom. The van der Waals surface area contributed by atoms with Gasteiger partial charge in [-0.05, 0) is 35.9 Å². The molecule has 11 heteroatoms. The normalized spacial score (nSPS) is 10.9. The van der Waals surface area contributed by atoms with Crippen molar-refractivity contribution in [1.29, 1.82) is 0 Å². The van der Waals surface area contributed by atoms with Crippen molar-refractivity contribution in [2.75, 3.05) is 5.75 Å². The van der Waals surface area contributed by atoms with Gasteiger partial charge in [0.25, 0.3) is 16.8 Å². The molecule has 0 aliphatic rings. The van der Waals surface area contributed by atoms with Crippen LogP contribution >= 0.6 is 11.8 Å². The minimum atomic E-state index is -0.734. The minimum absolute atomic E-state index is 0.0528. The quantitative estimate of drug-likeness (QED) is 0.0998. The number of carbonyl (C=O) groups is 2. The summed E-state index contributed by atoms with van der Waals surface area (Å²) in [5.74, 6) is -0.803. The van der Waals surface area contributed by atoms with E-state index in [-0.39, 0.29) is 28.7 Å². The fourth-order valence-corrected chi connectivity index (χ4v) is 3.45. The van der Waals surface area contributed by atoms with E-state index in [9.17, 15) is 19.7 Å². The molecule has 0 saturated carbocycles. The second-order valence-electron chi connectivity index (χ2n) is 6.80. The van der Waals surface area contributed by atoms with Crippen LogP contribution in [0.25, 0.3) is 11.1 Å². The van der Waals surface area contributed by atoms with Crippen LogP contribution in [0.1, 0.15) is 15.9 Å². The number of rotatable bonds is 8. The Labute approximate surface area is 196 Å². The number of thioether (sulfide) groups is 1. The minimum Gasteiger partial charge on any atom is -0.431 e. The second kappa shape index (κ2) is 10.4. The van der Waals surface area contributed by atoms with Gasteiger partial charge < -0.3 is 9.15 Å². The Morgan fingerprint density at radius 2 is 1.94 bits per heavy atom. The third-order valence-electron chi connectivity index (χ3n) is 4.37. The lowest BCUT2D eigenvalue weighted by atomic mass is 10.2. The number of benzene rings is 3. The highest BCUT2D eigenvalue weighted by Gasteiger charge is 2.13. The predicted octanol–water partition coefficient (Wildman–Crippen LogP) is 4.20. The van der Waals surface area contributed by atoms with Crippen LogP contribution in [0.3, 0.4) is 0 Å². The summed E-state index contributed by atoms with van der Waals surface area (Å²) in [5.41, 5.74) is 4.18. The average Bonchev–Trinajstić information content (AvgIpc) is 3.26. The van der Waals surface area contributed by atoms with Crippen LogP contribution in [0.2, 0.25) is 0 Å². The molecule has 0 bridgehead atoms. The van der Waals surface area contributed by atoms with Gasteiger partial charge in [0.2, 0.25) is 0 Å². The number of hydrogen-bond acceptors (Lipinski definition) is 9. The van der Waals surface area contributed by atoms with Gasteiger partial charge >= 0.3 is 5.97 Å². The molecule has 0 saturated heterocycles. The molecule has 1 N–H and O–H groups in total. The molecule has 4 rings (SSSR count). The summed E-state index contributed by atoms with van der Waals surface area (Å²) in [4.78, 5) is 38.9. The number of aromatic nitrogens is 1. The molecule has 1 aromatic heterocycles. The fraction of sp³-hybridized carbons (Fsp3) is 0.0435. The molecule has 170 valence electrons. The molecule has 0 unspecified atom stereocenters. The van der Waals surface area contributed by atoms with Gasteiger partial charge in [0, 0.05) is 12.1 Å². The summed E-state index contributed by atoms with van der Waals surface area (Å²) in [7, 11) is 0. The number of amides is 1. The highest BCUT2D eigenvalue weighted by molar-refractivity contribution is 7.99. The van der Waals surface area contributed by atoms with Crippen LogP contribution in [0.4, 0.5) is 5.69 Å². The lowest BCUT2D eigenvalue weighted by Crippen LogP contribution is -2.19. The Hall–Kier alpha value is -4.51. The maximum absolute atomic E-state index is 12.3. The van der Waals surface area contributed by atoms with E-state index < -0.39 is 10.9 Å². The highest BCUT2D eigenvalue weighted by atomic mass is 32.2. The Balaban J connectivity index is 1.30. The van der Waals surface area contributed by atoms with Crippen LogP contribution < -0.4 is 10.2 Å². The first-order valence-electron chi connectivity index (χ1n) is 9.85. The number of para-hydroxylation sites is 2. The number of nitrogens with one attached hydrogen (secondary N) is 1. The number of nitrogens with zero attached hydrogens (tertiary/aromatic N) is 3. The van der Waals surface area contributed by atoms with Gasteiger partial charge in [-0.3, -0.25) is 14.9 Å². The van der Waals surface area contributed by atoms with Crippen LogP contribution in [0.15, 0.2) is 87.5 Å². The summed E-state index contributed by atoms with van der Waals surface area (Å²) >= 11 is 1.15. The van der Waals surface area contributed by atoms with Gasteiger partial charge in [-0.25, -0.2) is 15.2 Å². The van der Waals surface area contributed by atoms with E-state index in [1.54, 1.807) is 24.3 Å². The van der Waals surface area contributed by atoms with Crippen molar-refractivity contribution in [1.82, 2.24) is 10.4 Å². The zero-order chi connectivity index (χ0) is 23.9. The zero-order valence-corrected chi connectivity index (χ0v) is 18.2. The maximum Gasteiger partial charge on any atom is 0.343 e. The summed E-state index contributed by atoms with van der Waals surface area (Å²) in [6.07, 6.45) is 1.40. The van der Waals surface area contributed by atoms with Gasteiger partial charge in [-0.2, -0.15) is 5.10 Å². The van der Waals surface area contributed by atoms with Gasteiger partial charge in [0.1, 0.15) is 11.3 Å². The number of ether oxygens (including phenoxy) is 1. The van der Waals surface area contributed by atoms with Crippen molar-refractivity contribution in [3.05, 3.63) is 94.0 Å². The topological polar surface area (TPSA) is 137 Å². The van der Waals surface area contributed by atoms with Crippen LogP contribution in [0, 0.1) is 10.1 Å². The predicted molar refractivity (Wildman–Crippen MR) is 125 cm³/mol. The van der Waals surface area contributed by atoms with Crippen molar-refractivity contribution < 1.29 is 23.7 Å². The number of nitro benzene ring substituents is 1. The number of oxazole rings is 1. The van der Waals surface area contributed by atoms with Gasteiger partial charge in [-0.1, -0.05) is 42.1 Å². The van der Waals surface area contributed by atoms with Crippen molar-refractivity contribution in [2.45, 2.75) is 5.22 Å². The van der Waals surface area contributed by atoms with Crippen molar-refractivity contribution >= 4 is 46.6 Å². The van der Waals surface area contributed by atoms with E-state index in [1.807, 2.05) is 18.2 Å². The first-order valence-corrected chi connectivity index (χ1v) is 10.8. The summed E-state index contributed by atoms with van der Waals surface area (Å²) in [5, 5.41) is 15.2. The first-order chi connectivity index (χ1) is 16.5. The molecule has 4 aromatic rings. The number of non-ortho nitro benzene ring substituents is 1. The molecule has 1 heterocycles. The van der Waals surface area contributed by atoms with Gasteiger partial charge in [0.05, 0.1) is 22.5 Å². The second-order valence-corrected chi connectivity index (χ2v) is 7.73. The highest BCUT2D eigenvalue weighted by Crippen LogP contribution is 2.23. The number of hydrazone groups is 1. The monoisotopic (exact) mass is 476 g/mol. The van der Waals surface area contributed by atoms with Crippen molar-refractivity contribution in [3.8, 4) is 5.75 Å². The molecule has 0 spiro atoms. The Morgan fingerprint density at radius 3 is 2.76 bits per heavy atom. The number of hydrogen-bond donors (Lipinski definition) is 1. The number of esters is 1. The van der Waals surface area contributed by atoms with Crippen LogP contribution in [0.5, 0.6) is 5.75 Å². The average molecular weight is 476 g/mol. The van der Waals surface area contributed by atoms with E-state index in [0.717, 1.165) is 23.3 Å². The molecule has 10 nitrogen and oxygen atoms in total. The molecule has 0 aliphatic heterocycles. The number of fused-ring (bicyclic) bond motifs is 1. The summed E-state index contributed by atoms with van der Waals surface area (Å²) in [6, 6.07) is 19.0. The van der Waals surface area contributed by atoms with Gasteiger partial charge in [-0.15, -0.1) is 0 Å². The molecule has 1 amide bonds. The molecular weight excluding hydrogens is 460 g/mol. The Kier molecular flexibility index (Phi) is 6.94. The number of nitro groups is 1. The largest absolute Gasteiger partial charge is 0.431 e. The van der Waals surface area contributed by atoms with E-state index in [1.165, 1.54) is 30.5 Å². The molecule has 34 heavy (non-hydrogen) atoms. The summed E-state index contributed by atoms with van der Waals surface area (Å²) in [6.45, 7) is 0. The van der Waals surface area contributed by atoms with Crippen molar-refractivity contribution in [3.63, 3.8) is 0 Å². The van der Waals surface area contributed by atoms with Crippen LogP contribution in [-0.2, 0) is 4.79 Å². The van der Waals surface area contributed by atoms with Crippen LogP contribution in [-0.4, -0.2) is 33.8 Å². The lowest BCUT2D eigenvalue weighted by Gasteiger charge is -2.05. The molecule has 0 aliphatic carbocycles.